The Labute approximate surface area is 225 Å². The van der Waals surface area contributed by atoms with E-state index in [1.165, 1.54) is 88.8 Å². The fourth-order valence-electron chi connectivity index (χ4n) is 6.86. The topological polar surface area (TPSA) is 31.0 Å². The zero-order chi connectivity index (χ0) is 27.7. The molecule has 0 aliphatic rings. The Hall–Kier alpha value is -3.60. The fraction of sp³-hybridized carbons (Fsp3) is 0.394. The van der Waals surface area contributed by atoms with Crippen molar-refractivity contribution in [2.24, 2.45) is 14.1 Å². The van der Waals surface area contributed by atoms with Gasteiger partial charge < -0.3 is 0 Å². The van der Waals surface area contributed by atoms with E-state index in [1.807, 2.05) is 0 Å². The lowest BCUT2D eigenvalue weighted by Gasteiger charge is -2.13. The minimum absolute atomic E-state index is 0.981. The molecule has 0 N–H and O–H groups in total. The van der Waals surface area contributed by atoms with E-state index in [0.717, 1.165) is 17.2 Å². The first-order chi connectivity index (χ1) is 17.8. The summed E-state index contributed by atoms with van der Waals surface area (Å²) in [5.41, 5.74) is 22.0. The van der Waals surface area contributed by atoms with Gasteiger partial charge in [-0.25, -0.2) is 9.13 Å². The van der Waals surface area contributed by atoms with Gasteiger partial charge in [-0.3, -0.25) is 4.40 Å². The highest BCUT2D eigenvalue weighted by Crippen LogP contribution is 2.39. The summed E-state index contributed by atoms with van der Waals surface area (Å²) >= 11 is 0. The number of nitrogens with zero attached hydrogens (tertiary/aromatic N) is 5. The van der Waals surface area contributed by atoms with E-state index in [4.69, 9.17) is 4.98 Å². The molecule has 0 amide bonds. The molecule has 196 valence electrons. The summed E-state index contributed by atoms with van der Waals surface area (Å²) in [6.07, 6.45) is 0. The summed E-state index contributed by atoms with van der Waals surface area (Å²) in [6, 6.07) is 2.33. The Morgan fingerprint density at radius 1 is 0.605 bits per heavy atom. The maximum atomic E-state index is 5.44. The summed E-state index contributed by atoms with van der Waals surface area (Å²) < 4.78 is 9.61. The highest BCUT2D eigenvalue weighted by Gasteiger charge is 2.33. The van der Waals surface area contributed by atoms with E-state index in [0.29, 0.717) is 0 Å². The minimum atomic E-state index is 0.981. The number of fused-ring (bicyclic) bond motifs is 6. The highest BCUT2D eigenvalue weighted by atomic mass is 15.3. The van der Waals surface area contributed by atoms with Crippen molar-refractivity contribution < 1.29 is 4.57 Å². The Morgan fingerprint density at radius 2 is 1.13 bits per heavy atom. The zero-order valence-electron chi connectivity index (χ0n) is 25.3. The lowest BCUT2D eigenvalue weighted by atomic mass is 9.96. The van der Waals surface area contributed by atoms with Gasteiger partial charge in [-0.1, -0.05) is 0 Å². The van der Waals surface area contributed by atoms with Crippen LogP contribution < -0.4 is 4.57 Å². The Kier molecular flexibility index (Phi) is 5.02. The van der Waals surface area contributed by atoms with E-state index in [9.17, 15) is 0 Å². The van der Waals surface area contributed by atoms with Crippen molar-refractivity contribution in [1.82, 2.24) is 18.5 Å². The summed E-state index contributed by atoms with van der Waals surface area (Å²) in [4.78, 5) is 5.44. The first kappa shape index (κ1) is 24.7. The molecule has 0 unspecified atom stereocenters. The molecule has 0 spiro atoms. The maximum absolute atomic E-state index is 5.44. The molecule has 0 bridgehead atoms. The molecule has 0 aliphatic carbocycles. The zero-order valence-corrected chi connectivity index (χ0v) is 25.3. The average Bonchev–Trinajstić information content (AvgIpc) is 3.49. The molecule has 0 radical (unpaired) electrons. The summed E-state index contributed by atoms with van der Waals surface area (Å²) in [5.74, 6) is 2.10. The lowest BCUT2D eigenvalue weighted by molar-refractivity contribution is -0.639. The Morgan fingerprint density at radius 3 is 1.74 bits per heavy atom. The van der Waals surface area contributed by atoms with Gasteiger partial charge in [-0.15, -0.1) is 0 Å². The normalized spacial score (nSPS) is 12.3. The number of imidazole rings is 3. The van der Waals surface area contributed by atoms with E-state index in [-0.39, 0.29) is 0 Å². The molecule has 5 nitrogen and oxygen atoms in total. The standard InChI is InChI=1S/C33H40N5/c1-15-14-26-28(22(8)16(15)2)36(13)33(35(26)12)38-31-25(11)20(6)19(5)24(10)30(31)37-29-23(9)18(4)17(3)21(7)27(29)34-32(37)38/h14H,1-13H3/q+1. The van der Waals surface area contributed by atoms with Crippen molar-refractivity contribution in [2.75, 3.05) is 0 Å². The highest BCUT2D eigenvalue weighted by molar-refractivity contribution is 5.98. The van der Waals surface area contributed by atoms with Crippen LogP contribution in [0.15, 0.2) is 6.07 Å². The van der Waals surface area contributed by atoms with Crippen molar-refractivity contribution in [3.63, 3.8) is 0 Å². The largest absolute Gasteiger partial charge is 0.372 e. The minimum Gasteiger partial charge on any atom is -0.261 e. The van der Waals surface area contributed by atoms with E-state index >= 15 is 0 Å². The van der Waals surface area contributed by atoms with Crippen LogP contribution >= 0.6 is 0 Å². The van der Waals surface area contributed by atoms with Gasteiger partial charge in [0.25, 0.3) is 5.78 Å². The average molecular weight is 507 g/mol. The monoisotopic (exact) mass is 506 g/mol. The molecule has 3 aromatic carbocycles. The second-order valence-corrected chi connectivity index (χ2v) is 11.7. The van der Waals surface area contributed by atoms with Crippen LogP contribution in [0.1, 0.15) is 61.2 Å². The van der Waals surface area contributed by atoms with Crippen LogP contribution in [-0.4, -0.2) is 18.5 Å². The predicted octanol–water partition coefficient (Wildman–Crippen LogP) is 7.14. The van der Waals surface area contributed by atoms with Crippen molar-refractivity contribution in [3.8, 4) is 5.95 Å². The quantitative estimate of drug-likeness (QED) is 0.218. The smallest absolute Gasteiger partial charge is 0.261 e. The summed E-state index contributed by atoms with van der Waals surface area (Å²) in [6.45, 7) is 24.7. The molecular weight excluding hydrogens is 466 g/mol. The van der Waals surface area contributed by atoms with Crippen molar-refractivity contribution >= 4 is 38.9 Å². The van der Waals surface area contributed by atoms with Crippen LogP contribution in [0.5, 0.6) is 0 Å². The van der Waals surface area contributed by atoms with Crippen LogP contribution in [0.2, 0.25) is 0 Å². The van der Waals surface area contributed by atoms with Crippen molar-refractivity contribution in [3.05, 3.63) is 67.3 Å². The molecule has 5 heteroatoms. The van der Waals surface area contributed by atoms with Gasteiger partial charge in [0.2, 0.25) is 0 Å². The number of aryl methyl sites for hydroxylation is 8. The third-order valence-corrected chi connectivity index (χ3v) is 10.1. The third-order valence-electron chi connectivity index (χ3n) is 10.1. The van der Waals surface area contributed by atoms with Crippen LogP contribution in [0.3, 0.4) is 0 Å². The number of aromatic nitrogens is 5. The number of rotatable bonds is 1. The van der Waals surface area contributed by atoms with E-state index in [1.54, 1.807) is 0 Å². The molecule has 3 heterocycles. The predicted molar refractivity (Wildman–Crippen MR) is 159 cm³/mol. The maximum Gasteiger partial charge on any atom is 0.372 e. The second-order valence-electron chi connectivity index (χ2n) is 11.7. The molecule has 3 aromatic heterocycles. The molecule has 0 saturated heterocycles. The van der Waals surface area contributed by atoms with Gasteiger partial charge in [0.1, 0.15) is 16.6 Å². The SMILES string of the molecule is Cc1cc2c(c(C)c1C)[n+](C)c(-n1c3c(C)c(C)c(C)c(C)c3n3c4c(C)c(C)c(C)c(C)c4nc13)n2C. The van der Waals surface area contributed by atoms with Gasteiger partial charge in [0.05, 0.1) is 30.6 Å². The van der Waals surface area contributed by atoms with E-state index in [2.05, 4.69) is 114 Å². The number of hydrogen-bond donors (Lipinski definition) is 0. The first-order valence-electron chi connectivity index (χ1n) is 13.7. The van der Waals surface area contributed by atoms with Crippen molar-refractivity contribution in [2.45, 2.75) is 76.2 Å². The Balaban J connectivity index is 1.97. The van der Waals surface area contributed by atoms with E-state index < -0.39 is 0 Å². The van der Waals surface area contributed by atoms with Crippen LogP contribution in [0.25, 0.3) is 44.8 Å². The lowest BCUT2D eigenvalue weighted by Crippen LogP contribution is -2.34. The van der Waals surface area contributed by atoms with Crippen LogP contribution in [0.4, 0.5) is 0 Å². The van der Waals surface area contributed by atoms with Gasteiger partial charge in [0, 0.05) is 0 Å². The van der Waals surface area contributed by atoms with Gasteiger partial charge in [-0.05, 0) is 143 Å². The molecular formula is C33H40N5+. The fourth-order valence-corrected chi connectivity index (χ4v) is 6.86. The summed E-state index contributed by atoms with van der Waals surface area (Å²) in [5, 5.41) is 0. The Bertz CT molecular complexity index is 2040. The van der Waals surface area contributed by atoms with Gasteiger partial charge >= 0.3 is 5.95 Å². The molecule has 38 heavy (non-hydrogen) atoms. The molecule has 0 aliphatic heterocycles. The van der Waals surface area contributed by atoms with Crippen LogP contribution in [-0.2, 0) is 14.1 Å². The molecule has 0 saturated carbocycles. The number of benzene rings is 3. The molecule has 0 atom stereocenters. The molecule has 6 aromatic rings. The molecule has 6 rings (SSSR count). The van der Waals surface area contributed by atoms with Gasteiger partial charge in [0.15, 0.2) is 0 Å². The van der Waals surface area contributed by atoms with Gasteiger partial charge in [-0.2, -0.15) is 9.55 Å². The van der Waals surface area contributed by atoms with Crippen LogP contribution in [0, 0.1) is 76.2 Å². The second kappa shape index (κ2) is 7.72. The summed E-state index contributed by atoms with van der Waals surface area (Å²) in [7, 11) is 4.41. The number of hydrogen-bond acceptors (Lipinski definition) is 1. The first-order valence-corrected chi connectivity index (χ1v) is 13.7. The molecule has 0 fully saturated rings. The van der Waals surface area contributed by atoms with Crippen molar-refractivity contribution in [1.29, 1.82) is 0 Å². The third kappa shape index (κ3) is 2.72.